The van der Waals surface area contributed by atoms with Crippen LogP contribution in [0.3, 0.4) is 0 Å². The van der Waals surface area contributed by atoms with E-state index in [1.54, 1.807) is 0 Å². The highest BCUT2D eigenvalue weighted by molar-refractivity contribution is 5.10. The van der Waals surface area contributed by atoms with Crippen molar-refractivity contribution in [1.29, 1.82) is 0 Å². The standard InChI is InChI=1S/C8H13N5O5/c9-6-11-2-13(7(17)12-6)8(10)5(16)4(15)3(1-14)18-8/h2-5,14-16H,1,10H2,(H2,9,12,17)/t3-,4-,5-,8+/m1/s1. The third-order valence-corrected chi connectivity index (χ3v) is 2.75. The summed E-state index contributed by atoms with van der Waals surface area (Å²) in [5, 5.41) is 28.4. The van der Waals surface area contributed by atoms with Crippen LogP contribution >= 0.6 is 0 Å². The van der Waals surface area contributed by atoms with E-state index in [0.29, 0.717) is 4.57 Å². The topological polar surface area (TPSA) is 170 Å². The van der Waals surface area contributed by atoms with Gasteiger partial charge in [0.15, 0.2) is 0 Å². The van der Waals surface area contributed by atoms with Gasteiger partial charge in [-0.05, 0) is 0 Å². The van der Waals surface area contributed by atoms with Gasteiger partial charge in [0, 0.05) is 0 Å². The molecule has 0 bridgehead atoms. The molecule has 1 aliphatic heterocycles. The highest BCUT2D eigenvalue weighted by Crippen LogP contribution is 2.29. The molecule has 1 aliphatic rings. The van der Waals surface area contributed by atoms with E-state index in [1.807, 2.05) is 0 Å². The van der Waals surface area contributed by atoms with E-state index in [-0.39, 0.29) is 5.95 Å². The molecule has 1 aromatic heterocycles. The van der Waals surface area contributed by atoms with Crippen LogP contribution in [0.2, 0.25) is 0 Å². The molecule has 1 saturated heterocycles. The smallest absolute Gasteiger partial charge is 0.355 e. The molecule has 0 saturated carbocycles. The lowest BCUT2D eigenvalue weighted by atomic mass is 10.1. The number of ether oxygens (including phenoxy) is 1. The van der Waals surface area contributed by atoms with E-state index >= 15 is 0 Å². The maximum absolute atomic E-state index is 11.6. The molecule has 100 valence electrons. The van der Waals surface area contributed by atoms with Gasteiger partial charge in [0.1, 0.15) is 24.6 Å². The van der Waals surface area contributed by atoms with E-state index in [2.05, 4.69) is 9.97 Å². The maximum atomic E-state index is 11.6. The van der Waals surface area contributed by atoms with Crippen LogP contribution in [0.4, 0.5) is 5.95 Å². The molecule has 0 amide bonds. The van der Waals surface area contributed by atoms with Gasteiger partial charge in [0.05, 0.1) is 6.61 Å². The van der Waals surface area contributed by atoms with Crippen molar-refractivity contribution < 1.29 is 20.1 Å². The van der Waals surface area contributed by atoms with E-state index in [0.717, 1.165) is 6.33 Å². The second-order valence-electron chi connectivity index (χ2n) is 3.89. The van der Waals surface area contributed by atoms with Crippen LogP contribution in [0.15, 0.2) is 11.1 Å². The van der Waals surface area contributed by atoms with Crippen LogP contribution in [0.25, 0.3) is 0 Å². The van der Waals surface area contributed by atoms with Crippen LogP contribution in [0, 0.1) is 0 Å². The monoisotopic (exact) mass is 259 g/mol. The van der Waals surface area contributed by atoms with Crippen LogP contribution in [-0.2, 0) is 10.6 Å². The Balaban J connectivity index is 2.46. The Morgan fingerprint density at radius 2 is 2.22 bits per heavy atom. The second kappa shape index (κ2) is 4.26. The first-order chi connectivity index (χ1) is 8.40. The first-order valence-electron chi connectivity index (χ1n) is 5.05. The Morgan fingerprint density at radius 3 is 2.72 bits per heavy atom. The fraction of sp³-hybridized carbons (Fsp3) is 0.625. The number of nitrogens with zero attached hydrogens (tertiary/aromatic N) is 3. The van der Waals surface area contributed by atoms with Crippen LogP contribution in [0.5, 0.6) is 0 Å². The quantitative estimate of drug-likeness (QED) is 0.354. The Labute approximate surface area is 100 Å². The first-order valence-corrected chi connectivity index (χ1v) is 5.05. The lowest BCUT2D eigenvalue weighted by Crippen LogP contribution is -2.57. The van der Waals surface area contributed by atoms with E-state index < -0.39 is 36.5 Å². The van der Waals surface area contributed by atoms with Crippen molar-refractivity contribution in [2.75, 3.05) is 12.3 Å². The van der Waals surface area contributed by atoms with E-state index in [9.17, 15) is 15.0 Å². The second-order valence-corrected chi connectivity index (χ2v) is 3.89. The Bertz CT molecular complexity index is 507. The molecule has 2 heterocycles. The summed E-state index contributed by atoms with van der Waals surface area (Å²) in [5.41, 5.74) is 10.1. The average Bonchev–Trinajstić information content (AvgIpc) is 2.54. The molecule has 4 atom stereocenters. The molecule has 2 rings (SSSR count). The SMILES string of the molecule is Nc1ncn([C@]2(N)O[C@H](CO)[C@@H](O)[C@H]2O)c(=O)n1. The highest BCUT2D eigenvalue weighted by atomic mass is 16.6. The summed E-state index contributed by atoms with van der Waals surface area (Å²) in [4.78, 5) is 18.5. The van der Waals surface area contributed by atoms with Crippen LogP contribution < -0.4 is 17.2 Å². The summed E-state index contributed by atoms with van der Waals surface area (Å²) >= 11 is 0. The van der Waals surface area contributed by atoms with Crippen molar-refractivity contribution >= 4 is 5.95 Å². The fourth-order valence-corrected chi connectivity index (χ4v) is 1.76. The zero-order valence-corrected chi connectivity index (χ0v) is 9.17. The van der Waals surface area contributed by atoms with Gasteiger partial charge >= 0.3 is 5.69 Å². The predicted octanol–water partition coefficient (Wildman–Crippen LogP) is -4.10. The molecule has 0 radical (unpaired) electrons. The van der Waals surface area contributed by atoms with Gasteiger partial charge in [-0.2, -0.15) is 4.98 Å². The van der Waals surface area contributed by atoms with Crippen LogP contribution in [0.1, 0.15) is 0 Å². The Kier molecular flexibility index (Phi) is 3.04. The Hall–Kier alpha value is -1.59. The van der Waals surface area contributed by atoms with Crippen molar-refractivity contribution in [1.82, 2.24) is 14.5 Å². The predicted molar refractivity (Wildman–Crippen MR) is 56.8 cm³/mol. The van der Waals surface area contributed by atoms with E-state index in [1.165, 1.54) is 0 Å². The van der Waals surface area contributed by atoms with Gasteiger partial charge in [-0.25, -0.2) is 14.3 Å². The van der Waals surface area contributed by atoms with Gasteiger partial charge in [-0.1, -0.05) is 0 Å². The molecule has 0 aliphatic carbocycles. The van der Waals surface area contributed by atoms with Crippen molar-refractivity contribution in [2.45, 2.75) is 24.2 Å². The molecular formula is C8H13N5O5. The third-order valence-electron chi connectivity index (χ3n) is 2.75. The number of nitrogen functional groups attached to an aromatic ring is 1. The van der Waals surface area contributed by atoms with Crippen molar-refractivity contribution in [3.05, 3.63) is 16.8 Å². The summed E-state index contributed by atoms with van der Waals surface area (Å²) in [6.07, 6.45) is -3.24. The number of aliphatic hydroxyl groups excluding tert-OH is 3. The summed E-state index contributed by atoms with van der Waals surface area (Å²) in [6.45, 7) is -0.568. The number of nitrogens with two attached hydrogens (primary N) is 2. The molecule has 0 spiro atoms. The Morgan fingerprint density at radius 1 is 1.56 bits per heavy atom. The molecule has 18 heavy (non-hydrogen) atoms. The minimum atomic E-state index is -2.06. The number of aliphatic hydroxyl groups is 3. The van der Waals surface area contributed by atoms with Crippen molar-refractivity contribution in [3.63, 3.8) is 0 Å². The lowest BCUT2D eigenvalue weighted by Gasteiger charge is -2.28. The summed E-state index contributed by atoms with van der Waals surface area (Å²) in [7, 11) is 0. The molecular weight excluding hydrogens is 246 g/mol. The lowest BCUT2D eigenvalue weighted by molar-refractivity contribution is -0.146. The van der Waals surface area contributed by atoms with Crippen molar-refractivity contribution in [3.8, 4) is 0 Å². The normalized spacial score (nSPS) is 35.9. The number of anilines is 1. The number of hydrogen-bond acceptors (Lipinski definition) is 9. The fourth-order valence-electron chi connectivity index (χ4n) is 1.76. The summed E-state index contributed by atoms with van der Waals surface area (Å²) < 4.78 is 5.80. The largest absolute Gasteiger partial charge is 0.394 e. The zero-order chi connectivity index (χ0) is 13.5. The third kappa shape index (κ3) is 1.76. The minimum absolute atomic E-state index is 0.258. The molecule has 7 N–H and O–H groups in total. The number of hydrogen-bond donors (Lipinski definition) is 5. The molecule has 0 unspecified atom stereocenters. The summed E-state index contributed by atoms with van der Waals surface area (Å²) in [5.74, 6) is -2.32. The van der Waals surface area contributed by atoms with E-state index in [4.69, 9.17) is 21.3 Å². The average molecular weight is 259 g/mol. The van der Waals surface area contributed by atoms with Crippen molar-refractivity contribution in [2.24, 2.45) is 5.73 Å². The molecule has 10 heteroatoms. The number of aromatic nitrogens is 3. The molecule has 1 fully saturated rings. The number of rotatable bonds is 2. The molecule has 0 aromatic carbocycles. The highest BCUT2D eigenvalue weighted by Gasteiger charge is 2.53. The van der Waals surface area contributed by atoms with Gasteiger partial charge in [-0.15, -0.1) is 0 Å². The molecule has 10 nitrogen and oxygen atoms in total. The first kappa shape index (κ1) is 12.9. The van der Waals surface area contributed by atoms with Gasteiger partial charge in [0.2, 0.25) is 11.8 Å². The van der Waals surface area contributed by atoms with Gasteiger partial charge in [0.25, 0.3) is 0 Å². The summed E-state index contributed by atoms with van der Waals surface area (Å²) in [6, 6.07) is 0. The zero-order valence-electron chi connectivity index (χ0n) is 9.17. The maximum Gasteiger partial charge on any atom is 0.355 e. The van der Waals surface area contributed by atoms with Gasteiger partial charge < -0.3 is 25.8 Å². The molecule has 1 aromatic rings. The minimum Gasteiger partial charge on any atom is -0.394 e. The van der Waals surface area contributed by atoms with Crippen LogP contribution in [-0.4, -0.2) is 54.8 Å². The van der Waals surface area contributed by atoms with Gasteiger partial charge in [-0.3, -0.25) is 5.73 Å².